The van der Waals surface area contributed by atoms with Crippen LogP contribution in [0.1, 0.15) is 42.1 Å². The molecule has 0 bridgehead atoms. The fourth-order valence-corrected chi connectivity index (χ4v) is 4.09. The summed E-state index contributed by atoms with van der Waals surface area (Å²) in [5, 5.41) is 3.78. The van der Waals surface area contributed by atoms with Crippen molar-refractivity contribution in [3.8, 4) is 0 Å². The predicted molar refractivity (Wildman–Crippen MR) is 100 cm³/mol. The maximum absolute atomic E-state index is 13.9. The number of carbonyl (C=O) groups excluding carboxylic acids is 1. The van der Waals surface area contributed by atoms with Gasteiger partial charge in [0.25, 0.3) is 5.91 Å². The van der Waals surface area contributed by atoms with E-state index in [9.17, 15) is 9.18 Å². The van der Waals surface area contributed by atoms with Crippen molar-refractivity contribution in [1.82, 2.24) is 9.88 Å². The number of thiazole rings is 1. The van der Waals surface area contributed by atoms with Gasteiger partial charge in [0.15, 0.2) is 5.13 Å². The zero-order valence-electron chi connectivity index (χ0n) is 14.5. The van der Waals surface area contributed by atoms with E-state index < -0.39 is 5.82 Å². The maximum atomic E-state index is 13.9. The highest BCUT2D eigenvalue weighted by Gasteiger charge is 2.31. The number of nitrogens with zero attached hydrogens (tertiary/aromatic N) is 2. The van der Waals surface area contributed by atoms with Gasteiger partial charge in [0.1, 0.15) is 11.5 Å². The Labute approximate surface area is 156 Å². The summed E-state index contributed by atoms with van der Waals surface area (Å²) < 4.78 is 13.9. The van der Waals surface area contributed by atoms with Crippen LogP contribution in [-0.4, -0.2) is 28.4 Å². The van der Waals surface area contributed by atoms with Gasteiger partial charge in [-0.3, -0.25) is 4.79 Å². The first-order valence-electron chi connectivity index (χ1n) is 8.37. The lowest BCUT2D eigenvalue weighted by atomic mass is 9.92. The molecule has 2 atom stereocenters. The zero-order valence-corrected chi connectivity index (χ0v) is 16.0. The molecule has 1 aromatic heterocycles. The molecule has 7 heteroatoms. The van der Waals surface area contributed by atoms with Gasteiger partial charge < -0.3 is 10.2 Å². The normalized spacial score (nSPS) is 20.6. The van der Waals surface area contributed by atoms with Crippen molar-refractivity contribution in [2.45, 2.75) is 39.7 Å². The predicted octanol–water partition coefficient (Wildman–Crippen LogP) is 5.25. The van der Waals surface area contributed by atoms with Gasteiger partial charge in [-0.15, -0.1) is 11.3 Å². The second-order valence-electron chi connectivity index (χ2n) is 6.53. The number of aromatic nitrogens is 1. The highest BCUT2D eigenvalue weighted by atomic mass is 35.5. The fourth-order valence-electron chi connectivity index (χ4n) is 3.11. The Balaban J connectivity index is 1.81. The van der Waals surface area contributed by atoms with Crippen molar-refractivity contribution >= 4 is 39.7 Å². The SMILES string of the molecule is Cc1sc(Nc2ccc(Cl)cc2F)nc1C(=O)N1CCCC(C)C1C. The molecule has 1 saturated heterocycles. The zero-order chi connectivity index (χ0) is 18.1. The number of likely N-dealkylation sites (tertiary alicyclic amines) is 1. The van der Waals surface area contributed by atoms with Gasteiger partial charge in [-0.2, -0.15) is 0 Å². The molecular formula is C18H21ClFN3OS. The summed E-state index contributed by atoms with van der Waals surface area (Å²) in [4.78, 5) is 20.1. The molecule has 1 fully saturated rings. The van der Waals surface area contributed by atoms with Crippen molar-refractivity contribution in [2.24, 2.45) is 5.92 Å². The minimum Gasteiger partial charge on any atom is -0.334 e. The van der Waals surface area contributed by atoms with Crippen molar-refractivity contribution in [3.05, 3.63) is 39.6 Å². The second kappa shape index (κ2) is 7.30. The van der Waals surface area contributed by atoms with Crippen LogP contribution >= 0.6 is 22.9 Å². The number of aryl methyl sites for hydroxylation is 1. The van der Waals surface area contributed by atoms with E-state index in [4.69, 9.17) is 11.6 Å². The topological polar surface area (TPSA) is 45.2 Å². The van der Waals surface area contributed by atoms with Crippen molar-refractivity contribution in [3.63, 3.8) is 0 Å². The van der Waals surface area contributed by atoms with Gasteiger partial charge in [-0.1, -0.05) is 18.5 Å². The number of rotatable bonds is 3. The van der Waals surface area contributed by atoms with E-state index in [1.807, 2.05) is 11.8 Å². The molecule has 2 heterocycles. The standard InChI is InChI=1S/C18H21ClFN3OS/c1-10-5-4-8-23(11(10)2)17(24)16-12(3)25-18(22-16)21-15-7-6-13(19)9-14(15)20/h6-7,9-11H,4-5,8H2,1-3H3,(H,21,22). The number of benzene rings is 1. The number of anilines is 2. The number of halogens is 2. The Morgan fingerprint density at radius 1 is 1.44 bits per heavy atom. The van der Waals surface area contributed by atoms with Crippen LogP contribution in [0.15, 0.2) is 18.2 Å². The summed E-state index contributed by atoms with van der Waals surface area (Å²) >= 11 is 7.12. The molecule has 1 aromatic carbocycles. The Morgan fingerprint density at radius 2 is 2.20 bits per heavy atom. The van der Waals surface area contributed by atoms with E-state index in [-0.39, 0.29) is 17.6 Å². The van der Waals surface area contributed by atoms with E-state index in [0.29, 0.717) is 21.8 Å². The third-order valence-electron chi connectivity index (χ3n) is 4.81. The lowest BCUT2D eigenvalue weighted by Crippen LogP contribution is -2.46. The molecule has 0 aliphatic carbocycles. The lowest BCUT2D eigenvalue weighted by molar-refractivity contribution is 0.0545. The molecule has 0 radical (unpaired) electrons. The molecule has 1 N–H and O–H groups in total. The maximum Gasteiger partial charge on any atom is 0.273 e. The number of nitrogens with one attached hydrogen (secondary N) is 1. The summed E-state index contributed by atoms with van der Waals surface area (Å²) in [6.07, 6.45) is 2.16. The molecular weight excluding hydrogens is 361 g/mol. The molecule has 2 unspecified atom stereocenters. The van der Waals surface area contributed by atoms with Gasteiger partial charge in [0.2, 0.25) is 0 Å². The quantitative estimate of drug-likeness (QED) is 0.789. The molecule has 2 aromatic rings. The molecule has 25 heavy (non-hydrogen) atoms. The highest BCUT2D eigenvalue weighted by Crippen LogP contribution is 2.30. The number of hydrogen-bond acceptors (Lipinski definition) is 4. The summed E-state index contributed by atoms with van der Waals surface area (Å²) in [7, 11) is 0. The van der Waals surface area contributed by atoms with Crippen molar-refractivity contribution in [1.29, 1.82) is 0 Å². The molecule has 4 nitrogen and oxygen atoms in total. The van der Waals surface area contributed by atoms with Gasteiger partial charge in [0.05, 0.1) is 5.69 Å². The highest BCUT2D eigenvalue weighted by molar-refractivity contribution is 7.15. The average molecular weight is 382 g/mol. The van der Waals surface area contributed by atoms with Crippen LogP contribution in [0.25, 0.3) is 0 Å². The van der Waals surface area contributed by atoms with Gasteiger partial charge in [0, 0.05) is 22.5 Å². The molecule has 1 aliphatic rings. The number of amides is 1. The van der Waals surface area contributed by atoms with Crippen LogP contribution in [-0.2, 0) is 0 Å². The van der Waals surface area contributed by atoms with E-state index in [1.54, 1.807) is 12.1 Å². The summed E-state index contributed by atoms with van der Waals surface area (Å²) in [5.74, 6) is -0.0125. The van der Waals surface area contributed by atoms with Gasteiger partial charge in [-0.05, 0) is 50.8 Å². The molecule has 1 amide bonds. The van der Waals surface area contributed by atoms with E-state index in [0.717, 1.165) is 24.3 Å². The molecule has 3 rings (SSSR count). The molecule has 0 spiro atoms. The number of piperidine rings is 1. The Bertz CT molecular complexity index is 795. The van der Waals surface area contributed by atoms with Crippen molar-refractivity contribution < 1.29 is 9.18 Å². The summed E-state index contributed by atoms with van der Waals surface area (Å²) in [6.45, 7) is 6.89. The van der Waals surface area contributed by atoms with E-state index >= 15 is 0 Å². The lowest BCUT2D eigenvalue weighted by Gasteiger charge is -2.37. The smallest absolute Gasteiger partial charge is 0.273 e. The first kappa shape index (κ1) is 18.1. The van der Waals surface area contributed by atoms with Crippen LogP contribution < -0.4 is 5.32 Å². The monoisotopic (exact) mass is 381 g/mol. The third kappa shape index (κ3) is 3.80. The molecule has 0 saturated carbocycles. The summed E-state index contributed by atoms with van der Waals surface area (Å²) in [6, 6.07) is 4.61. The number of carbonyl (C=O) groups is 1. The molecule has 1 aliphatic heterocycles. The first-order valence-corrected chi connectivity index (χ1v) is 9.56. The van der Waals surface area contributed by atoms with E-state index in [2.05, 4.69) is 24.1 Å². The first-order chi connectivity index (χ1) is 11.9. The second-order valence-corrected chi connectivity index (χ2v) is 8.17. The Kier molecular flexibility index (Phi) is 5.29. The van der Waals surface area contributed by atoms with Crippen LogP contribution in [0.2, 0.25) is 5.02 Å². The minimum atomic E-state index is -0.452. The molecule has 134 valence electrons. The van der Waals surface area contributed by atoms with Gasteiger partial charge in [-0.25, -0.2) is 9.37 Å². The fraction of sp³-hybridized carbons (Fsp3) is 0.444. The van der Waals surface area contributed by atoms with Crippen molar-refractivity contribution in [2.75, 3.05) is 11.9 Å². The van der Waals surface area contributed by atoms with E-state index in [1.165, 1.54) is 17.4 Å². The largest absolute Gasteiger partial charge is 0.334 e. The Morgan fingerprint density at radius 3 is 2.92 bits per heavy atom. The van der Waals surface area contributed by atoms with Crippen LogP contribution in [0.4, 0.5) is 15.2 Å². The van der Waals surface area contributed by atoms with Crippen LogP contribution in [0, 0.1) is 18.7 Å². The third-order valence-corrected chi connectivity index (χ3v) is 5.93. The minimum absolute atomic E-state index is 0.0440. The summed E-state index contributed by atoms with van der Waals surface area (Å²) in [5.41, 5.74) is 0.736. The van der Waals surface area contributed by atoms with Crippen LogP contribution in [0.3, 0.4) is 0 Å². The van der Waals surface area contributed by atoms with Crippen LogP contribution in [0.5, 0.6) is 0 Å². The van der Waals surface area contributed by atoms with Gasteiger partial charge >= 0.3 is 0 Å². The average Bonchev–Trinajstić information content (AvgIpc) is 2.93. The Hall–Kier alpha value is -1.66. The number of hydrogen-bond donors (Lipinski definition) is 1.